The third-order valence-corrected chi connectivity index (χ3v) is 4.23. The van der Waals surface area contributed by atoms with Gasteiger partial charge in [0, 0.05) is 32.1 Å². The lowest BCUT2D eigenvalue weighted by atomic mass is 9.84. The fourth-order valence-corrected chi connectivity index (χ4v) is 2.80. The maximum Gasteiger partial charge on any atom is 0.225 e. The third-order valence-electron chi connectivity index (χ3n) is 4.23. The Kier molecular flexibility index (Phi) is 3.71. The van der Waals surface area contributed by atoms with Gasteiger partial charge < -0.3 is 15.5 Å². The Balaban J connectivity index is 1.63. The van der Waals surface area contributed by atoms with Crippen LogP contribution in [0, 0.1) is 5.92 Å². The number of rotatable bonds is 2. The molecule has 108 valence electrons. The standard InChI is InChI=1S/C14H21N5O/c15-12-9-16-10-13(17-12)18-5-2-6-19(8-7-18)14(20)11-3-1-4-11/h9-11H,1-8H2,(H2,15,17). The molecule has 2 heterocycles. The number of hydrogen-bond acceptors (Lipinski definition) is 5. The van der Waals surface area contributed by atoms with E-state index in [1.165, 1.54) is 6.42 Å². The van der Waals surface area contributed by atoms with Gasteiger partial charge in [-0.25, -0.2) is 4.98 Å². The van der Waals surface area contributed by atoms with E-state index in [0.29, 0.717) is 11.7 Å². The van der Waals surface area contributed by atoms with E-state index in [2.05, 4.69) is 14.9 Å². The number of amides is 1. The number of carbonyl (C=O) groups is 1. The van der Waals surface area contributed by atoms with Crippen molar-refractivity contribution in [2.45, 2.75) is 25.7 Å². The van der Waals surface area contributed by atoms with Crippen molar-refractivity contribution in [1.29, 1.82) is 0 Å². The molecule has 6 nitrogen and oxygen atoms in total. The van der Waals surface area contributed by atoms with Gasteiger partial charge in [-0.3, -0.25) is 9.78 Å². The Labute approximate surface area is 119 Å². The largest absolute Gasteiger partial charge is 0.382 e. The van der Waals surface area contributed by atoms with Gasteiger partial charge in [0.05, 0.1) is 12.4 Å². The molecule has 6 heteroatoms. The molecule has 0 aromatic carbocycles. The molecule has 1 amide bonds. The second kappa shape index (κ2) is 5.64. The van der Waals surface area contributed by atoms with Crippen LogP contribution in [0.4, 0.5) is 11.6 Å². The van der Waals surface area contributed by atoms with Crippen molar-refractivity contribution >= 4 is 17.5 Å². The van der Waals surface area contributed by atoms with Crippen molar-refractivity contribution in [3.05, 3.63) is 12.4 Å². The smallest absolute Gasteiger partial charge is 0.225 e. The SMILES string of the molecule is Nc1cncc(N2CCCN(C(=O)C3CCC3)CC2)n1. The van der Waals surface area contributed by atoms with Crippen LogP contribution in [-0.2, 0) is 4.79 Å². The summed E-state index contributed by atoms with van der Waals surface area (Å²) in [6, 6.07) is 0. The van der Waals surface area contributed by atoms with Gasteiger partial charge in [-0.1, -0.05) is 6.42 Å². The van der Waals surface area contributed by atoms with Crippen LogP contribution in [0.1, 0.15) is 25.7 Å². The molecule has 2 fully saturated rings. The van der Waals surface area contributed by atoms with E-state index in [4.69, 9.17) is 5.73 Å². The molecule has 1 aliphatic heterocycles. The van der Waals surface area contributed by atoms with E-state index in [-0.39, 0.29) is 5.92 Å². The zero-order chi connectivity index (χ0) is 13.9. The van der Waals surface area contributed by atoms with Crippen LogP contribution in [-0.4, -0.2) is 47.0 Å². The molecule has 3 rings (SSSR count). The molecule has 0 bridgehead atoms. The van der Waals surface area contributed by atoms with Gasteiger partial charge in [-0.2, -0.15) is 0 Å². The molecule has 1 aromatic heterocycles. The van der Waals surface area contributed by atoms with Crippen molar-refractivity contribution in [3.63, 3.8) is 0 Å². The van der Waals surface area contributed by atoms with E-state index in [1.807, 2.05) is 4.90 Å². The molecule has 1 aliphatic carbocycles. The van der Waals surface area contributed by atoms with Gasteiger partial charge in [-0.15, -0.1) is 0 Å². The summed E-state index contributed by atoms with van der Waals surface area (Å²) in [5.74, 6) is 1.88. The van der Waals surface area contributed by atoms with Crippen LogP contribution < -0.4 is 10.6 Å². The number of nitrogens with zero attached hydrogens (tertiary/aromatic N) is 4. The lowest BCUT2D eigenvalue weighted by Crippen LogP contribution is -2.41. The molecule has 0 radical (unpaired) electrons. The minimum atomic E-state index is 0.286. The Hall–Kier alpha value is -1.85. The zero-order valence-electron chi connectivity index (χ0n) is 11.7. The van der Waals surface area contributed by atoms with Crippen molar-refractivity contribution in [3.8, 4) is 0 Å². The third kappa shape index (κ3) is 2.69. The number of nitrogens with two attached hydrogens (primary N) is 1. The van der Waals surface area contributed by atoms with Crippen molar-refractivity contribution in [1.82, 2.24) is 14.9 Å². The predicted octanol–water partition coefficient (Wildman–Crippen LogP) is 0.898. The van der Waals surface area contributed by atoms with Crippen LogP contribution in [0.3, 0.4) is 0 Å². The van der Waals surface area contributed by atoms with Crippen LogP contribution >= 0.6 is 0 Å². The number of nitrogen functional groups attached to an aromatic ring is 1. The van der Waals surface area contributed by atoms with Crippen molar-refractivity contribution in [2.24, 2.45) is 5.92 Å². The first-order valence-electron chi connectivity index (χ1n) is 7.35. The van der Waals surface area contributed by atoms with E-state index >= 15 is 0 Å². The molecule has 20 heavy (non-hydrogen) atoms. The average Bonchev–Trinajstić information content (AvgIpc) is 2.62. The quantitative estimate of drug-likeness (QED) is 0.868. The normalized spacial score (nSPS) is 20.4. The van der Waals surface area contributed by atoms with Gasteiger partial charge in [0.15, 0.2) is 0 Å². The summed E-state index contributed by atoms with van der Waals surface area (Å²) >= 11 is 0. The fraction of sp³-hybridized carbons (Fsp3) is 0.643. The monoisotopic (exact) mass is 275 g/mol. The minimum Gasteiger partial charge on any atom is -0.382 e. The van der Waals surface area contributed by atoms with Gasteiger partial charge >= 0.3 is 0 Å². The molecule has 2 aliphatic rings. The number of aromatic nitrogens is 2. The van der Waals surface area contributed by atoms with Crippen LogP contribution in [0.15, 0.2) is 12.4 Å². The van der Waals surface area contributed by atoms with E-state index in [0.717, 1.165) is 51.3 Å². The average molecular weight is 275 g/mol. The first kappa shape index (κ1) is 13.1. The summed E-state index contributed by atoms with van der Waals surface area (Å²) < 4.78 is 0. The summed E-state index contributed by atoms with van der Waals surface area (Å²) in [5.41, 5.74) is 5.68. The first-order valence-corrected chi connectivity index (χ1v) is 7.35. The maximum atomic E-state index is 12.3. The molecule has 0 unspecified atom stereocenters. The molecule has 1 saturated carbocycles. The van der Waals surface area contributed by atoms with Crippen molar-refractivity contribution in [2.75, 3.05) is 36.8 Å². The Morgan fingerprint density at radius 1 is 1.15 bits per heavy atom. The summed E-state index contributed by atoms with van der Waals surface area (Å²) in [6.45, 7) is 3.32. The van der Waals surface area contributed by atoms with Crippen LogP contribution in [0.5, 0.6) is 0 Å². The summed E-state index contributed by atoms with van der Waals surface area (Å²) in [6.07, 6.45) is 7.59. The molecular formula is C14H21N5O. The highest BCUT2D eigenvalue weighted by molar-refractivity contribution is 5.79. The second-order valence-corrected chi connectivity index (χ2v) is 5.60. The molecule has 1 aromatic rings. The number of anilines is 2. The topological polar surface area (TPSA) is 75.3 Å². The summed E-state index contributed by atoms with van der Waals surface area (Å²) in [7, 11) is 0. The summed E-state index contributed by atoms with van der Waals surface area (Å²) in [5, 5.41) is 0. The van der Waals surface area contributed by atoms with Gasteiger partial charge in [-0.05, 0) is 19.3 Å². The lowest BCUT2D eigenvalue weighted by molar-refractivity contribution is -0.137. The number of carbonyl (C=O) groups excluding carboxylic acids is 1. The van der Waals surface area contributed by atoms with E-state index in [9.17, 15) is 4.79 Å². The molecular weight excluding hydrogens is 254 g/mol. The van der Waals surface area contributed by atoms with E-state index in [1.54, 1.807) is 12.4 Å². The minimum absolute atomic E-state index is 0.286. The Bertz CT molecular complexity index is 488. The number of hydrogen-bond donors (Lipinski definition) is 1. The zero-order valence-corrected chi connectivity index (χ0v) is 11.7. The summed E-state index contributed by atoms with van der Waals surface area (Å²) in [4.78, 5) is 24.9. The van der Waals surface area contributed by atoms with Gasteiger partial charge in [0.25, 0.3) is 0 Å². The molecule has 0 atom stereocenters. The maximum absolute atomic E-state index is 12.3. The van der Waals surface area contributed by atoms with Crippen LogP contribution in [0.25, 0.3) is 0 Å². The van der Waals surface area contributed by atoms with Crippen molar-refractivity contribution < 1.29 is 4.79 Å². The molecule has 2 N–H and O–H groups in total. The highest BCUT2D eigenvalue weighted by Gasteiger charge is 2.30. The predicted molar refractivity (Wildman–Crippen MR) is 77.2 cm³/mol. The van der Waals surface area contributed by atoms with Gasteiger partial charge in [0.2, 0.25) is 5.91 Å². The molecule has 1 saturated heterocycles. The molecule has 0 spiro atoms. The second-order valence-electron chi connectivity index (χ2n) is 5.60. The van der Waals surface area contributed by atoms with Crippen LogP contribution in [0.2, 0.25) is 0 Å². The van der Waals surface area contributed by atoms with Gasteiger partial charge in [0.1, 0.15) is 11.6 Å². The fourth-order valence-electron chi connectivity index (χ4n) is 2.80. The highest BCUT2D eigenvalue weighted by atomic mass is 16.2. The first-order chi connectivity index (χ1) is 9.74. The highest BCUT2D eigenvalue weighted by Crippen LogP contribution is 2.28. The van der Waals surface area contributed by atoms with E-state index < -0.39 is 0 Å². The Morgan fingerprint density at radius 3 is 2.70 bits per heavy atom. The lowest BCUT2D eigenvalue weighted by Gasteiger charge is -2.31. The Morgan fingerprint density at radius 2 is 2.00 bits per heavy atom.